The van der Waals surface area contributed by atoms with Gasteiger partial charge in [0, 0.05) is 30.2 Å². The van der Waals surface area contributed by atoms with E-state index >= 15 is 0 Å². The maximum absolute atomic E-state index is 12.1. The van der Waals surface area contributed by atoms with E-state index in [1.807, 2.05) is 6.07 Å². The van der Waals surface area contributed by atoms with Gasteiger partial charge in [0.25, 0.3) is 0 Å². The Morgan fingerprint density at radius 2 is 1.93 bits per heavy atom. The standard InChI is InChI=1S/C30H31NO13/c1-38-17-6-5-14-16-12-40-19-9-18-13(8-15(19)24(16)43-25(14)26(17)39-2)4-3-7-30(37)27(36)23(35)29(42-18)44-28(30)20(11-31)41-22(34)10-21(32)33/h5-6,8-9,16,20,23-24,27-29,35-37H,7,10-12,31H2,1-2H3,(H,32,33). The average Bonchev–Trinajstić information content (AvgIpc) is 3.38. The molecule has 8 unspecified atom stereocenters. The minimum atomic E-state index is -2.27. The molecule has 14 heteroatoms. The van der Waals surface area contributed by atoms with Gasteiger partial charge in [-0.05, 0) is 12.1 Å². The molecule has 44 heavy (non-hydrogen) atoms. The molecule has 2 aromatic carbocycles. The van der Waals surface area contributed by atoms with Gasteiger partial charge in [0.2, 0.25) is 12.0 Å². The van der Waals surface area contributed by atoms with E-state index in [2.05, 4.69) is 11.8 Å². The van der Waals surface area contributed by atoms with Crippen LogP contribution in [0, 0.1) is 11.8 Å². The number of hydrogen-bond donors (Lipinski definition) is 5. The van der Waals surface area contributed by atoms with E-state index in [0.717, 1.165) is 5.56 Å². The van der Waals surface area contributed by atoms with Gasteiger partial charge in [-0.3, -0.25) is 9.59 Å². The predicted molar refractivity (Wildman–Crippen MR) is 147 cm³/mol. The monoisotopic (exact) mass is 613 g/mol. The van der Waals surface area contributed by atoms with E-state index in [9.17, 15) is 24.9 Å². The van der Waals surface area contributed by atoms with E-state index in [1.54, 1.807) is 25.3 Å². The molecule has 8 atom stereocenters. The van der Waals surface area contributed by atoms with Crippen molar-refractivity contribution >= 4 is 11.9 Å². The first-order chi connectivity index (χ1) is 21.1. The number of aliphatic carboxylic acids is 1. The van der Waals surface area contributed by atoms with Gasteiger partial charge in [-0.15, -0.1) is 0 Å². The summed E-state index contributed by atoms with van der Waals surface area (Å²) < 4.78 is 40.6. The van der Waals surface area contributed by atoms with Crippen molar-refractivity contribution in [1.29, 1.82) is 0 Å². The molecule has 0 saturated carbocycles. The first kappa shape index (κ1) is 29.8. The molecule has 234 valence electrons. The summed E-state index contributed by atoms with van der Waals surface area (Å²) in [5.74, 6) is 5.19. The number of carboxylic acid groups (broad SMARTS) is 1. The zero-order valence-electron chi connectivity index (χ0n) is 23.7. The number of carboxylic acids is 1. The van der Waals surface area contributed by atoms with Crippen molar-refractivity contribution in [2.24, 2.45) is 5.73 Å². The minimum absolute atomic E-state index is 0.152. The third kappa shape index (κ3) is 4.83. The van der Waals surface area contributed by atoms with E-state index in [0.29, 0.717) is 34.1 Å². The number of methoxy groups -OCH3 is 2. The molecule has 0 radical (unpaired) electrons. The highest BCUT2D eigenvalue weighted by Gasteiger charge is 2.58. The van der Waals surface area contributed by atoms with Crippen LogP contribution in [0.3, 0.4) is 0 Å². The molecule has 2 bridgehead atoms. The molecule has 6 N–H and O–H groups in total. The van der Waals surface area contributed by atoms with Gasteiger partial charge in [0.1, 0.15) is 54.0 Å². The van der Waals surface area contributed by atoms with Crippen LogP contribution in [-0.2, 0) is 19.1 Å². The highest BCUT2D eigenvalue weighted by atomic mass is 16.7. The molecule has 0 aromatic heterocycles. The first-order valence-electron chi connectivity index (χ1n) is 13.8. The number of nitrogens with two attached hydrogens (primary N) is 1. The highest BCUT2D eigenvalue weighted by molar-refractivity contribution is 5.90. The Bertz CT molecular complexity index is 1550. The molecular weight excluding hydrogens is 582 g/mol. The summed E-state index contributed by atoms with van der Waals surface area (Å²) >= 11 is 0. The Kier molecular flexibility index (Phi) is 7.68. The lowest BCUT2D eigenvalue weighted by Gasteiger charge is -2.49. The molecular formula is C30H31NO13. The summed E-state index contributed by atoms with van der Waals surface area (Å²) in [6.07, 6.45) is -9.96. The van der Waals surface area contributed by atoms with Crippen molar-refractivity contribution in [2.45, 2.75) is 61.2 Å². The lowest BCUT2D eigenvalue weighted by atomic mass is 9.79. The van der Waals surface area contributed by atoms with E-state index in [4.69, 9.17) is 44.0 Å². The zero-order chi connectivity index (χ0) is 31.3. The summed E-state index contributed by atoms with van der Waals surface area (Å²) in [6, 6.07) is 7.03. The Morgan fingerprint density at radius 1 is 1.14 bits per heavy atom. The second kappa shape index (κ2) is 11.3. The third-order valence-corrected chi connectivity index (χ3v) is 8.25. The van der Waals surface area contributed by atoms with Gasteiger partial charge in [0.15, 0.2) is 11.5 Å². The molecule has 7 rings (SSSR count). The van der Waals surface area contributed by atoms with Gasteiger partial charge in [-0.25, -0.2) is 0 Å². The molecule has 0 amide bonds. The normalized spacial score (nSPS) is 29.9. The lowest BCUT2D eigenvalue weighted by molar-refractivity contribution is -0.322. The van der Waals surface area contributed by atoms with Crippen LogP contribution >= 0.6 is 0 Å². The van der Waals surface area contributed by atoms with Crippen LogP contribution in [-0.4, -0.2) is 96.0 Å². The van der Waals surface area contributed by atoms with Crippen molar-refractivity contribution in [3.63, 3.8) is 0 Å². The molecule has 5 aliphatic rings. The zero-order valence-corrected chi connectivity index (χ0v) is 23.7. The Labute approximate surface area is 251 Å². The average molecular weight is 614 g/mol. The molecule has 14 nitrogen and oxygen atoms in total. The Morgan fingerprint density at radius 3 is 2.64 bits per heavy atom. The number of rotatable bonds is 7. The number of carbonyl (C=O) groups excluding carboxylic acids is 1. The van der Waals surface area contributed by atoms with E-state index < -0.39 is 73.7 Å². The summed E-state index contributed by atoms with van der Waals surface area (Å²) in [5.41, 5.74) is 5.48. The van der Waals surface area contributed by atoms with E-state index in [-0.39, 0.29) is 18.3 Å². The SMILES string of the molecule is COc1ccc2c(c1OC)OC1c3cc4c(cc3OCC21)OC1OC(C(CN)OC(=O)CC(=O)O)C(O)(CC#C4)C(O)C1O. The van der Waals surface area contributed by atoms with Crippen LogP contribution in [0.2, 0.25) is 0 Å². The molecule has 2 aromatic rings. The highest BCUT2D eigenvalue weighted by Crippen LogP contribution is 2.56. The number of esters is 1. The minimum Gasteiger partial charge on any atom is -0.493 e. The van der Waals surface area contributed by atoms with Crippen LogP contribution in [0.25, 0.3) is 0 Å². The number of hydrogen-bond acceptors (Lipinski definition) is 13. The maximum atomic E-state index is 12.1. The first-order valence-corrected chi connectivity index (χ1v) is 13.8. The second-order valence-corrected chi connectivity index (χ2v) is 10.8. The third-order valence-electron chi connectivity index (χ3n) is 8.25. The quantitative estimate of drug-likeness (QED) is 0.158. The largest absolute Gasteiger partial charge is 0.493 e. The van der Waals surface area contributed by atoms with Crippen molar-refractivity contribution in [1.82, 2.24) is 0 Å². The van der Waals surface area contributed by atoms with Crippen LogP contribution < -0.4 is 29.4 Å². The summed E-state index contributed by atoms with van der Waals surface area (Å²) in [5, 5.41) is 42.4. The summed E-state index contributed by atoms with van der Waals surface area (Å²) in [7, 11) is 3.07. The van der Waals surface area contributed by atoms with Gasteiger partial charge < -0.3 is 59.3 Å². The van der Waals surface area contributed by atoms with Crippen LogP contribution in [0.5, 0.6) is 28.7 Å². The molecule has 5 aliphatic heterocycles. The number of benzene rings is 2. The van der Waals surface area contributed by atoms with Gasteiger partial charge in [-0.2, -0.15) is 0 Å². The Hall–Kier alpha value is -4.26. The lowest BCUT2D eigenvalue weighted by Crippen LogP contribution is -2.70. The topological polar surface area (TPSA) is 206 Å². The molecule has 5 heterocycles. The smallest absolute Gasteiger partial charge is 0.317 e. The van der Waals surface area contributed by atoms with Crippen LogP contribution in [0.4, 0.5) is 0 Å². The number of fused-ring (bicyclic) bond motifs is 8. The molecule has 0 spiro atoms. The number of aliphatic hydroxyl groups is 3. The second-order valence-electron chi connectivity index (χ2n) is 10.8. The van der Waals surface area contributed by atoms with Gasteiger partial charge >= 0.3 is 11.9 Å². The summed E-state index contributed by atoms with van der Waals surface area (Å²) in [6.45, 7) is -0.123. The van der Waals surface area contributed by atoms with Gasteiger partial charge in [-0.1, -0.05) is 17.9 Å². The van der Waals surface area contributed by atoms with Crippen molar-refractivity contribution in [3.8, 4) is 40.6 Å². The summed E-state index contributed by atoms with van der Waals surface area (Å²) in [4.78, 5) is 23.1. The van der Waals surface area contributed by atoms with Crippen LogP contribution in [0.15, 0.2) is 24.3 Å². The predicted octanol–water partition coefficient (Wildman–Crippen LogP) is -0.0295. The van der Waals surface area contributed by atoms with Gasteiger partial charge in [0.05, 0.1) is 32.3 Å². The van der Waals surface area contributed by atoms with Crippen LogP contribution in [0.1, 0.15) is 41.6 Å². The Balaban J connectivity index is 1.35. The number of aliphatic hydroxyl groups excluding tert-OH is 2. The maximum Gasteiger partial charge on any atom is 0.317 e. The fourth-order valence-corrected chi connectivity index (χ4v) is 6.10. The van der Waals surface area contributed by atoms with E-state index in [1.165, 1.54) is 7.11 Å². The fourth-order valence-electron chi connectivity index (χ4n) is 6.10. The van der Waals surface area contributed by atoms with Crippen molar-refractivity contribution in [3.05, 3.63) is 41.0 Å². The van der Waals surface area contributed by atoms with Crippen molar-refractivity contribution in [2.75, 3.05) is 27.4 Å². The number of carbonyl (C=O) groups is 2. The molecule has 1 saturated heterocycles. The number of ether oxygens (including phenoxy) is 7. The molecule has 1 fully saturated rings. The van der Waals surface area contributed by atoms with Crippen molar-refractivity contribution < 1.29 is 63.2 Å². The molecule has 0 aliphatic carbocycles. The fraction of sp³-hybridized carbons (Fsp3) is 0.467.